The second-order valence-electron chi connectivity index (χ2n) is 5.72. The quantitative estimate of drug-likeness (QED) is 0.202. The van der Waals surface area contributed by atoms with Gasteiger partial charge in [-0.15, -0.1) is 16.8 Å². The van der Waals surface area contributed by atoms with E-state index in [-0.39, 0.29) is 11.8 Å². The second kappa shape index (κ2) is 9.02. The zero-order valence-corrected chi connectivity index (χ0v) is 17.3. The van der Waals surface area contributed by atoms with Gasteiger partial charge in [0.25, 0.3) is 0 Å². The van der Waals surface area contributed by atoms with E-state index in [9.17, 15) is 10.1 Å². The fourth-order valence-corrected chi connectivity index (χ4v) is 3.50. The van der Waals surface area contributed by atoms with Crippen molar-refractivity contribution in [2.75, 3.05) is 0 Å². The van der Waals surface area contributed by atoms with E-state index in [0.717, 1.165) is 10.2 Å². The third-order valence-corrected chi connectivity index (χ3v) is 5.19. The fourth-order valence-electron chi connectivity index (χ4n) is 2.42. The number of halogens is 1. The predicted octanol–water partition coefficient (Wildman–Crippen LogP) is 4.22. The zero-order chi connectivity index (χ0) is 20.1. The maximum atomic E-state index is 10.8. The predicted molar refractivity (Wildman–Crippen MR) is 108 cm³/mol. The van der Waals surface area contributed by atoms with Crippen LogP contribution in [0.5, 0.6) is 5.75 Å². The van der Waals surface area contributed by atoms with E-state index in [2.05, 4.69) is 37.8 Å². The van der Waals surface area contributed by atoms with Crippen molar-refractivity contribution in [3.8, 4) is 5.75 Å². The summed E-state index contributed by atoms with van der Waals surface area (Å²) in [6.45, 7) is 6.20. The van der Waals surface area contributed by atoms with Crippen molar-refractivity contribution in [3.05, 3.63) is 69.7 Å². The van der Waals surface area contributed by atoms with Crippen LogP contribution < -0.4 is 4.74 Å². The Kier molecular flexibility index (Phi) is 6.47. The summed E-state index contributed by atoms with van der Waals surface area (Å²) in [6.07, 6.45) is 4.02. The van der Waals surface area contributed by atoms with Gasteiger partial charge < -0.3 is 4.74 Å². The number of hydrogen-bond donors (Lipinski definition) is 0. The van der Waals surface area contributed by atoms with Gasteiger partial charge in [0.05, 0.1) is 10.8 Å². The standard InChI is InChI=1S/C17H17BrN6O3S/c1-3-8-23-16(12(2)27-15-6-4-13(18)5-7-15)20-21-17(23)28-11-22-10-14(9-19-22)24(25)26/h3-7,9-10,12H,1,8,11H2,2H3. The lowest BCUT2D eigenvalue weighted by molar-refractivity contribution is -0.385. The molecule has 28 heavy (non-hydrogen) atoms. The number of rotatable bonds is 9. The van der Waals surface area contributed by atoms with Crippen LogP contribution in [-0.4, -0.2) is 29.5 Å². The maximum Gasteiger partial charge on any atom is 0.307 e. The first-order valence-electron chi connectivity index (χ1n) is 8.23. The van der Waals surface area contributed by atoms with Crippen molar-refractivity contribution in [2.24, 2.45) is 0 Å². The minimum absolute atomic E-state index is 0.0506. The van der Waals surface area contributed by atoms with Crippen LogP contribution in [0.1, 0.15) is 18.9 Å². The van der Waals surface area contributed by atoms with Gasteiger partial charge in [0.1, 0.15) is 18.1 Å². The van der Waals surface area contributed by atoms with Crippen LogP contribution >= 0.6 is 27.7 Å². The molecule has 0 aliphatic heterocycles. The molecule has 0 fully saturated rings. The van der Waals surface area contributed by atoms with E-state index in [1.165, 1.54) is 28.8 Å². The molecule has 11 heteroatoms. The topological polar surface area (TPSA) is 101 Å². The van der Waals surface area contributed by atoms with Gasteiger partial charge in [-0.05, 0) is 31.2 Å². The van der Waals surface area contributed by atoms with E-state index in [4.69, 9.17) is 4.74 Å². The van der Waals surface area contributed by atoms with Crippen molar-refractivity contribution in [2.45, 2.75) is 30.6 Å². The Hall–Kier alpha value is -2.66. The summed E-state index contributed by atoms with van der Waals surface area (Å²) in [7, 11) is 0. The Labute approximate surface area is 173 Å². The molecule has 0 spiro atoms. The third kappa shape index (κ3) is 4.78. The molecule has 0 amide bonds. The summed E-state index contributed by atoms with van der Waals surface area (Å²) in [5, 5.41) is 23.9. The van der Waals surface area contributed by atoms with Crippen molar-refractivity contribution >= 4 is 33.4 Å². The van der Waals surface area contributed by atoms with Crippen molar-refractivity contribution in [1.82, 2.24) is 24.5 Å². The molecule has 9 nitrogen and oxygen atoms in total. The molecular formula is C17H17BrN6O3S. The number of allylic oxidation sites excluding steroid dienone is 1. The van der Waals surface area contributed by atoms with Gasteiger partial charge in [0, 0.05) is 11.0 Å². The first kappa shape index (κ1) is 20.1. The van der Waals surface area contributed by atoms with Crippen molar-refractivity contribution in [1.29, 1.82) is 0 Å². The number of aromatic nitrogens is 5. The highest BCUT2D eigenvalue weighted by molar-refractivity contribution is 9.10. The highest BCUT2D eigenvalue weighted by Crippen LogP contribution is 2.26. The Morgan fingerprint density at radius 2 is 2.14 bits per heavy atom. The largest absolute Gasteiger partial charge is 0.483 e. The number of nitrogens with zero attached hydrogens (tertiary/aromatic N) is 6. The minimum atomic E-state index is -0.479. The molecule has 0 aliphatic carbocycles. The van der Waals surface area contributed by atoms with Gasteiger partial charge in [0.2, 0.25) is 0 Å². The van der Waals surface area contributed by atoms with E-state index < -0.39 is 4.92 Å². The van der Waals surface area contributed by atoms with Crippen LogP contribution in [0.2, 0.25) is 0 Å². The summed E-state index contributed by atoms with van der Waals surface area (Å²) in [6, 6.07) is 7.55. The number of nitro groups is 1. The smallest absolute Gasteiger partial charge is 0.307 e. The summed E-state index contributed by atoms with van der Waals surface area (Å²) in [5.41, 5.74) is -0.0506. The highest BCUT2D eigenvalue weighted by atomic mass is 79.9. The number of thioether (sulfide) groups is 1. The number of benzene rings is 1. The Balaban J connectivity index is 1.73. The van der Waals surface area contributed by atoms with Crippen molar-refractivity contribution in [3.63, 3.8) is 0 Å². The lowest BCUT2D eigenvalue weighted by atomic mass is 10.3. The summed E-state index contributed by atoms with van der Waals surface area (Å²) in [5.74, 6) is 1.75. The molecule has 2 heterocycles. The van der Waals surface area contributed by atoms with Gasteiger partial charge >= 0.3 is 5.69 Å². The molecule has 0 radical (unpaired) electrons. The molecular weight excluding hydrogens is 448 g/mol. The average Bonchev–Trinajstić information content (AvgIpc) is 3.29. The maximum absolute atomic E-state index is 10.8. The van der Waals surface area contributed by atoms with Crippen LogP contribution in [0, 0.1) is 10.1 Å². The first-order valence-corrected chi connectivity index (χ1v) is 10.0. The van der Waals surface area contributed by atoms with Crippen LogP contribution in [0.15, 0.2) is 58.9 Å². The van der Waals surface area contributed by atoms with Crippen LogP contribution in [0.3, 0.4) is 0 Å². The van der Waals surface area contributed by atoms with E-state index in [1.54, 1.807) is 6.08 Å². The summed E-state index contributed by atoms with van der Waals surface area (Å²) >= 11 is 4.77. The van der Waals surface area contributed by atoms with Gasteiger partial charge in [0.15, 0.2) is 17.1 Å². The molecule has 0 bridgehead atoms. The van der Waals surface area contributed by atoms with Gasteiger partial charge in [-0.3, -0.25) is 19.4 Å². The summed E-state index contributed by atoms with van der Waals surface area (Å²) < 4.78 is 10.3. The Bertz CT molecular complexity index is 972. The molecule has 0 saturated heterocycles. The molecule has 1 unspecified atom stereocenters. The molecule has 0 aliphatic rings. The lowest BCUT2D eigenvalue weighted by Gasteiger charge is -2.15. The fraction of sp³-hybridized carbons (Fsp3) is 0.235. The number of hydrogen-bond acceptors (Lipinski definition) is 7. The molecule has 146 valence electrons. The van der Waals surface area contributed by atoms with E-state index in [0.29, 0.717) is 23.4 Å². The van der Waals surface area contributed by atoms with Crippen LogP contribution in [0.25, 0.3) is 0 Å². The van der Waals surface area contributed by atoms with Crippen LogP contribution in [0.4, 0.5) is 5.69 Å². The molecule has 3 aromatic rings. The van der Waals surface area contributed by atoms with Gasteiger partial charge in [-0.25, -0.2) is 0 Å². The second-order valence-corrected chi connectivity index (χ2v) is 7.55. The van der Waals surface area contributed by atoms with Gasteiger partial charge in [-0.2, -0.15) is 5.10 Å². The molecule has 2 aromatic heterocycles. The Morgan fingerprint density at radius 1 is 1.39 bits per heavy atom. The van der Waals surface area contributed by atoms with Gasteiger partial charge in [-0.1, -0.05) is 33.8 Å². The highest BCUT2D eigenvalue weighted by Gasteiger charge is 2.19. The SMILES string of the molecule is C=CCn1c(SCn2cc([N+](=O)[O-])cn2)nnc1C(C)Oc1ccc(Br)cc1. The monoisotopic (exact) mass is 464 g/mol. The molecule has 1 aromatic carbocycles. The lowest BCUT2D eigenvalue weighted by Crippen LogP contribution is -2.12. The molecule has 3 rings (SSSR count). The zero-order valence-electron chi connectivity index (χ0n) is 14.9. The van der Waals surface area contributed by atoms with Crippen molar-refractivity contribution < 1.29 is 9.66 Å². The average molecular weight is 465 g/mol. The molecule has 0 N–H and O–H groups in total. The molecule has 1 atom stereocenters. The number of ether oxygens (including phenoxy) is 1. The Morgan fingerprint density at radius 3 is 2.79 bits per heavy atom. The van der Waals surface area contributed by atoms with E-state index in [1.807, 2.05) is 35.8 Å². The van der Waals surface area contributed by atoms with Crippen LogP contribution in [-0.2, 0) is 12.4 Å². The molecule has 0 saturated carbocycles. The third-order valence-electron chi connectivity index (χ3n) is 3.70. The summed E-state index contributed by atoms with van der Waals surface area (Å²) in [4.78, 5) is 10.3. The first-order chi connectivity index (χ1) is 13.5. The van der Waals surface area contributed by atoms with E-state index >= 15 is 0 Å². The normalized spacial score (nSPS) is 11.9. The minimum Gasteiger partial charge on any atom is -0.483 e.